The number of nitrogens with one attached hydrogen (secondary N) is 1. The Morgan fingerprint density at radius 3 is 2.47 bits per heavy atom. The molecule has 1 aliphatic carbocycles. The summed E-state index contributed by atoms with van der Waals surface area (Å²) < 4.78 is 0. The fourth-order valence-corrected chi connectivity index (χ4v) is 2.02. The third-order valence-corrected chi connectivity index (χ3v) is 3.49. The molecule has 0 aromatic heterocycles. The van der Waals surface area contributed by atoms with Crippen molar-refractivity contribution in [3.05, 3.63) is 24.3 Å². The van der Waals surface area contributed by atoms with Gasteiger partial charge >= 0.3 is 0 Å². The number of carbonyl (C=O) groups excluding carboxylic acids is 2. The van der Waals surface area contributed by atoms with Crippen molar-refractivity contribution in [3.63, 3.8) is 0 Å². The van der Waals surface area contributed by atoms with E-state index < -0.39 is 0 Å². The van der Waals surface area contributed by atoms with Gasteiger partial charge in [-0.05, 0) is 37.1 Å². The molecule has 1 aliphatic rings. The molecule has 1 aromatic rings. The topological polar surface area (TPSA) is 72.2 Å². The maximum Gasteiger partial charge on any atom is 0.227 e. The Morgan fingerprint density at radius 1 is 1.29 bits per heavy atom. The zero-order valence-electron chi connectivity index (χ0n) is 9.31. The van der Waals surface area contributed by atoms with E-state index in [1.54, 1.807) is 0 Å². The average molecular weight is 250 g/mol. The van der Waals surface area contributed by atoms with Gasteiger partial charge in [0.2, 0.25) is 11.8 Å². The summed E-state index contributed by atoms with van der Waals surface area (Å²) >= 11 is 1.39. The summed E-state index contributed by atoms with van der Waals surface area (Å²) in [5, 5.41) is 2.86. The first kappa shape index (κ1) is 12.0. The van der Waals surface area contributed by atoms with E-state index in [0.29, 0.717) is 0 Å². The van der Waals surface area contributed by atoms with E-state index in [1.165, 1.54) is 11.8 Å². The average Bonchev–Trinajstić information content (AvgIpc) is 3.12. The van der Waals surface area contributed by atoms with Crippen LogP contribution in [0, 0.1) is 5.92 Å². The highest BCUT2D eigenvalue weighted by Crippen LogP contribution is 2.30. The zero-order valence-corrected chi connectivity index (χ0v) is 10.1. The molecular formula is C12H14N2O2S. The Balaban J connectivity index is 1.88. The predicted octanol–water partition coefficient (Wildman–Crippen LogP) is 1.61. The van der Waals surface area contributed by atoms with Gasteiger partial charge in [0.1, 0.15) is 0 Å². The summed E-state index contributed by atoms with van der Waals surface area (Å²) in [5.74, 6) is 0.246. The van der Waals surface area contributed by atoms with Gasteiger partial charge in [0.25, 0.3) is 0 Å². The van der Waals surface area contributed by atoms with Gasteiger partial charge in [-0.2, -0.15) is 0 Å². The van der Waals surface area contributed by atoms with Crippen molar-refractivity contribution in [1.29, 1.82) is 0 Å². The minimum Gasteiger partial charge on any atom is -0.369 e. The van der Waals surface area contributed by atoms with Gasteiger partial charge in [0.15, 0.2) is 0 Å². The molecule has 90 valence electrons. The molecule has 1 aromatic carbocycles. The molecule has 0 saturated heterocycles. The molecule has 3 N–H and O–H groups in total. The number of anilines is 1. The summed E-state index contributed by atoms with van der Waals surface area (Å²) in [7, 11) is 0. The zero-order chi connectivity index (χ0) is 12.3. The fourth-order valence-electron chi connectivity index (χ4n) is 1.38. The van der Waals surface area contributed by atoms with Crippen LogP contribution in [0.2, 0.25) is 0 Å². The molecule has 1 fully saturated rings. The Morgan fingerprint density at radius 2 is 1.94 bits per heavy atom. The second kappa shape index (κ2) is 5.23. The Kier molecular flexibility index (Phi) is 3.68. The molecule has 2 rings (SSSR count). The third-order valence-electron chi connectivity index (χ3n) is 2.45. The van der Waals surface area contributed by atoms with E-state index in [1.807, 2.05) is 24.3 Å². The molecule has 0 spiro atoms. The van der Waals surface area contributed by atoms with Gasteiger partial charge in [-0.25, -0.2) is 0 Å². The first-order valence-corrected chi connectivity index (χ1v) is 6.46. The lowest BCUT2D eigenvalue weighted by Crippen LogP contribution is -2.13. The van der Waals surface area contributed by atoms with Crippen molar-refractivity contribution in [3.8, 4) is 0 Å². The Labute approximate surface area is 104 Å². The van der Waals surface area contributed by atoms with Crippen LogP contribution in [0.1, 0.15) is 12.8 Å². The van der Waals surface area contributed by atoms with Crippen molar-refractivity contribution >= 4 is 29.3 Å². The minimum absolute atomic E-state index is 0.0996. The molecule has 0 radical (unpaired) electrons. The van der Waals surface area contributed by atoms with Crippen molar-refractivity contribution in [2.45, 2.75) is 17.7 Å². The van der Waals surface area contributed by atoms with E-state index >= 15 is 0 Å². The summed E-state index contributed by atoms with van der Waals surface area (Å²) in [6, 6.07) is 7.42. The summed E-state index contributed by atoms with van der Waals surface area (Å²) in [6.45, 7) is 0. The van der Waals surface area contributed by atoms with Gasteiger partial charge in [-0.15, -0.1) is 11.8 Å². The molecule has 0 atom stereocenters. The van der Waals surface area contributed by atoms with Gasteiger partial charge in [-0.1, -0.05) is 0 Å². The highest BCUT2D eigenvalue weighted by atomic mass is 32.2. The van der Waals surface area contributed by atoms with E-state index in [9.17, 15) is 9.59 Å². The van der Waals surface area contributed by atoms with Crippen molar-refractivity contribution < 1.29 is 9.59 Å². The lowest BCUT2D eigenvalue weighted by Gasteiger charge is -2.05. The largest absolute Gasteiger partial charge is 0.369 e. The van der Waals surface area contributed by atoms with Crippen LogP contribution in [0.5, 0.6) is 0 Å². The van der Waals surface area contributed by atoms with Crippen LogP contribution in [-0.4, -0.2) is 17.6 Å². The maximum absolute atomic E-state index is 11.5. The number of thioether (sulfide) groups is 1. The number of primary amides is 1. The molecule has 4 nitrogen and oxygen atoms in total. The first-order chi connectivity index (χ1) is 8.15. The Hall–Kier alpha value is -1.49. The van der Waals surface area contributed by atoms with E-state index in [2.05, 4.69) is 5.32 Å². The van der Waals surface area contributed by atoms with Crippen LogP contribution in [-0.2, 0) is 9.59 Å². The number of carbonyl (C=O) groups is 2. The number of amides is 2. The van der Waals surface area contributed by atoms with Crippen molar-refractivity contribution in [2.75, 3.05) is 11.1 Å². The highest BCUT2D eigenvalue weighted by molar-refractivity contribution is 8.00. The highest BCUT2D eigenvalue weighted by Gasteiger charge is 2.29. The third kappa shape index (κ3) is 3.78. The summed E-state index contributed by atoms with van der Waals surface area (Å²) in [6.07, 6.45) is 2.00. The standard InChI is InChI=1S/C12H14N2O2S/c13-11(15)7-17-10-5-3-9(4-6-10)14-12(16)8-1-2-8/h3-6,8H,1-2,7H2,(H2,13,15)(H,14,16). The second-order valence-corrected chi connectivity index (χ2v) is 5.09. The van der Waals surface area contributed by atoms with E-state index in [-0.39, 0.29) is 23.5 Å². The molecule has 2 amide bonds. The van der Waals surface area contributed by atoms with E-state index in [0.717, 1.165) is 23.4 Å². The monoisotopic (exact) mass is 250 g/mol. The van der Waals surface area contributed by atoms with Gasteiger partial charge in [-0.3, -0.25) is 9.59 Å². The number of hydrogen-bond acceptors (Lipinski definition) is 3. The lowest BCUT2D eigenvalue weighted by molar-refractivity contribution is -0.117. The van der Waals surface area contributed by atoms with Crippen LogP contribution in [0.3, 0.4) is 0 Å². The van der Waals surface area contributed by atoms with Crippen LogP contribution < -0.4 is 11.1 Å². The molecule has 5 heteroatoms. The van der Waals surface area contributed by atoms with Crippen LogP contribution in [0.15, 0.2) is 29.2 Å². The number of benzene rings is 1. The molecular weight excluding hydrogens is 236 g/mol. The molecule has 0 heterocycles. The lowest BCUT2D eigenvalue weighted by atomic mass is 10.3. The molecule has 0 bridgehead atoms. The maximum atomic E-state index is 11.5. The summed E-state index contributed by atoms with van der Waals surface area (Å²) in [5.41, 5.74) is 5.86. The van der Waals surface area contributed by atoms with Crippen LogP contribution >= 0.6 is 11.8 Å². The summed E-state index contributed by atoms with van der Waals surface area (Å²) in [4.78, 5) is 23.1. The number of rotatable bonds is 5. The second-order valence-electron chi connectivity index (χ2n) is 4.04. The van der Waals surface area contributed by atoms with Crippen LogP contribution in [0.25, 0.3) is 0 Å². The predicted molar refractivity (Wildman–Crippen MR) is 67.7 cm³/mol. The minimum atomic E-state index is -0.332. The molecule has 0 unspecified atom stereocenters. The van der Waals surface area contributed by atoms with Crippen LogP contribution in [0.4, 0.5) is 5.69 Å². The molecule has 1 saturated carbocycles. The van der Waals surface area contributed by atoms with E-state index in [4.69, 9.17) is 5.73 Å². The normalized spacial score (nSPS) is 14.4. The molecule has 17 heavy (non-hydrogen) atoms. The SMILES string of the molecule is NC(=O)CSc1ccc(NC(=O)C2CC2)cc1. The van der Waals surface area contributed by atoms with Crippen molar-refractivity contribution in [2.24, 2.45) is 11.7 Å². The number of hydrogen-bond donors (Lipinski definition) is 2. The quantitative estimate of drug-likeness (QED) is 0.780. The van der Waals surface area contributed by atoms with Gasteiger partial charge < -0.3 is 11.1 Å². The fraction of sp³-hybridized carbons (Fsp3) is 0.333. The van der Waals surface area contributed by atoms with Gasteiger partial charge in [0, 0.05) is 16.5 Å². The first-order valence-electron chi connectivity index (χ1n) is 5.47. The molecule has 0 aliphatic heterocycles. The van der Waals surface area contributed by atoms with Crippen molar-refractivity contribution in [1.82, 2.24) is 0 Å². The van der Waals surface area contributed by atoms with Gasteiger partial charge in [0.05, 0.1) is 5.75 Å². The smallest absolute Gasteiger partial charge is 0.227 e. The number of nitrogens with two attached hydrogens (primary N) is 1. The Bertz CT molecular complexity index is 427.